The molecule has 0 amide bonds. The molecule has 2 aromatic heterocycles. The second-order valence-electron chi connectivity index (χ2n) is 20.3. The lowest BCUT2D eigenvalue weighted by atomic mass is 9.94. The minimum absolute atomic E-state index is 1.15. The van der Waals surface area contributed by atoms with Crippen LogP contribution in [0.5, 0.6) is 0 Å². The zero-order valence-electron chi connectivity index (χ0n) is 41.8. The maximum atomic E-state index is 2.55. The van der Waals surface area contributed by atoms with Crippen LogP contribution in [0, 0.1) is 0 Å². The summed E-state index contributed by atoms with van der Waals surface area (Å²) in [4.78, 5) is 0. The average Bonchev–Trinajstić information content (AvgIpc) is 4.30. The highest BCUT2D eigenvalue weighted by molar-refractivity contribution is 7.22. The molecule has 0 saturated heterocycles. The van der Waals surface area contributed by atoms with Crippen LogP contribution in [-0.2, 0) is 0 Å². The lowest BCUT2D eigenvalue weighted by molar-refractivity contribution is 1.17. The molecule has 1 aliphatic rings. The molecule has 3 heterocycles. The van der Waals surface area contributed by atoms with Crippen molar-refractivity contribution >= 4 is 101 Å². The van der Waals surface area contributed by atoms with Crippen LogP contribution in [0.4, 0.5) is 0 Å². The third-order valence-electron chi connectivity index (χ3n) is 16.5. The predicted molar refractivity (Wildman–Crippen MR) is 327 cm³/mol. The van der Waals surface area contributed by atoms with Crippen molar-refractivity contribution < 1.29 is 0 Å². The first-order chi connectivity index (χ1) is 37.7. The Hall–Kier alpha value is -9.33. The van der Waals surface area contributed by atoms with E-state index in [0.29, 0.717) is 0 Å². The van der Waals surface area contributed by atoms with Gasteiger partial charge < -0.3 is 9.13 Å². The zero-order chi connectivity index (χ0) is 50.2. The van der Waals surface area contributed by atoms with Gasteiger partial charge in [0.05, 0.1) is 27.8 Å². The van der Waals surface area contributed by atoms with Crippen LogP contribution >= 0.6 is 0 Å². The van der Waals surface area contributed by atoms with Gasteiger partial charge in [0, 0.05) is 27.2 Å². The highest BCUT2D eigenvalue weighted by Crippen LogP contribution is 2.43. The third kappa shape index (κ3) is 6.38. The molecule has 0 saturated carbocycles. The number of hydrogen-bond acceptors (Lipinski definition) is 0. The van der Waals surface area contributed by atoms with E-state index < -0.39 is 16.1 Å². The smallest absolute Gasteiger partial charge is 0.180 e. The Labute approximate surface area is 444 Å². The Kier molecular flexibility index (Phi) is 10.3. The first-order valence-corrected chi connectivity index (χ1v) is 30.4. The van der Waals surface area contributed by atoms with Crippen molar-refractivity contribution in [2.75, 3.05) is 0 Å². The molecule has 14 aromatic rings. The number of aromatic nitrogens is 2. The largest absolute Gasteiger partial charge is 0.309 e. The summed E-state index contributed by atoms with van der Waals surface area (Å²) in [6, 6.07) is 114. The summed E-state index contributed by atoms with van der Waals surface area (Å²) < 4.78 is 5.06. The molecule has 1 aliphatic heterocycles. The first-order valence-electron chi connectivity index (χ1n) is 26.4. The van der Waals surface area contributed by atoms with E-state index in [1.807, 2.05) is 0 Å². The van der Waals surface area contributed by atoms with Crippen molar-refractivity contribution in [2.45, 2.75) is 0 Å². The monoisotopic (exact) mass is 998 g/mol. The number of para-hydroxylation sites is 2. The van der Waals surface area contributed by atoms with Crippen molar-refractivity contribution in [1.82, 2.24) is 9.13 Å². The van der Waals surface area contributed by atoms with Gasteiger partial charge in [-0.3, -0.25) is 0 Å². The number of nitrogens with zero attached hydrogens (tertiary/aromatic N) is 2. The number of rotatable bonds is 9. The SMILES string of the molecule is c1ccc([Si](c2ccccc2)(c2ccccc2)c2cccc(-n3c4ccccc4c4c(-n5c6ccccc6c6ccc(-c7cccc8c7-c7ccccc7[Si]8(c7ccccc7)c7ccccc7)cc65)cccc43)c2)cc1. The predicted octanol–water partition coefficient (Wildman–Crippen LogP) is 12.3. The van der Waals surface area contributed by atoms with Crippen LogP contribution in [0.3, 0.4) is 0 Å². The molecule has 0 atom stereocenters. The summed E-state index contributed by atoms with van der Waals surface area (Å²) in [6.45, 7) is 0. The normalized spacial score (nSPS) is 12.8. The molecule has 0 N–H and O–H groups in total. The molecule has 0 fully saturated rings. The van der Waals surface area contributed by atoms with Gasteiger partial charge in [0.1, 0.15) is 0 Å². The van der Waals surface area contributed by atoms with Crippen molar-refractivity contribution in [1.29, 1.82) is 0 Å². The lowest BCUT2D eigenvalue weighted by Crippen LogP contribution is -2.74. The van der Waals surface area contributed by atoms with E-state index in [0.717, 1.165) is 11.4 Å². The lowest BCUT2D eigenvalue weighted by Gasteiger charge is -2.34. The Balaban J connectivity index is 0.963. The fourth-order valence-electron chi connectivity index (χ4n) is 13.5. The first kappa shape index (κ1) is 44.2. The summed E-state index contributed by atoms with van der Waals surface area (Å²) in [5.74, 6) is 0. The van der Waals surface area contributed by atoms with E-state index in [-0.39, 0.29) is 0 Å². The van der Waals surface area contributed by atoms with Gasteiger partial charge in [-0.15, -0.1) is 0 Å². The van der Waals surface area contributed by atoms with Gasteiger partial charge in [-0.1, -0.05) is 261 Å². The summed E-state index contributed by atoms with van der Waals surface area (Å²) in [6.07, 6.45) is 0. The van der Waals surface area contributed by atoms with Crippen molar-refractivity contribution in [2.24, 2.45) is 0 Å². The van der Waals surface area contributed by atoms with Gasteiger partial charge in [0.25, 0.3) is 0 Å². The van der Waals surface area contributed by atoms with Crippen molar-refractivity contribution in [3.05, 3.63) is 303 Å². The van der Waals surface area contributed by atoms with Gasteiger partial charge in [-0.2, -0.15) is 0 Å². The molecule has 0 bridgehead atoms. The highest BCUT2D eigenvalue weighted by Gasteiger charge is 2.49. The second kappa shape index (κ2) is 17.7. The molecule has 2 nitrogen and oxygen atoms in total. The molecule has 0 unspecified atom stereocenters. The Morgan fingerprint density at radius 2 is 0.763 bits per heavy atom. The molecule has 12 aromatic carbocycles. The average molecular weight is 999 g/mol. The molecule has 0 spiro atoms. The van der Waals surface area contributed by atoms with Crippen LogP contribution in [0.2, 0.25) is 0 Å². The molecular weight excluding hydrogens is 949 g/mol. The van der Waals surface area contributed by atoms with Gasteiger partial charge in [-0.25, -0.2) is 0 Å². The zero-order valence-corrected chi connectivity index (χ0v) is 43.8. The fourth-order valence-corrected chi connectivity index (χ4v) is 23.5. The van der Waals surface area contributed by atoms with Gasteiger partial charge >= 0.3 is 0 Å². The van der Waals surface area contributed by atoms with E-state index in [1.54, 1.807) is 0 Å². The quantitative estimate of drug-likeness (QED) is 0.101. The molecule has 0 radical (unpaired) electrons. The molecule has 15 rings (SSSR count). The summed E-state index contributed by atoms with van der Waals surface area (Å²) >= 11 is 0. The minimum Gasteiger partial charge on any atom is -0.309 e. The van der Waals surface area contributed by atoms with Crippen molar-refractivity contribution in [3.8, 4) is 33.6 Å². The maximum absolute atomic E-state index is 2.81. The Morgan fingerprint density at radius 3 is 1.42 bits per heavy atom. The summed E-state index contributed by atoms with van der Waals surface area (Å²) in [7, 11) is -5.50. The van der Waals surface area contributed by atoms with Crippen LogP contribution in [-0.4, -0.2) is 25.3 Å². The van der Waals surface area contributed by atoms with Crippen LogP contribution < -0.4 is 41.5 Å². The topological polar surface area (TPSA) is 9.86 Å². The van der Waals surface area contributed by atoms with Gasteiger partial charge in [-0.05, 0) is 106 Å². The molecule has 76 heavy (non-hydrogen) atoms. The summed E-state index contributed by atoms with van der Waals surface area (Å²) in [5, 5.41) is 16.1. The van der Waals surface area contributed by atoms with Gasteiger partial charge in [0.2, 0.25) is 0 Å². The number of benzene rings is 12. The van der Waals surface area contributed by atoms with E-state index in [4.69, 9.17) is 0 Å². The second-order valence-corrected chi connectivity index (χ2v) is 27.8. The Bertz CT molecular complexity index is 4370. The maximum Gasteiger partial charge on any atom is 0.180 e. The standard InChI is InChI=1S/C72H50N2Si2/c1-6-26-53(27-7-1)75(54-28-8-2-9-29-54,55-30-10-3-11-31-55)58-36-22-25-52(50-58)73-65-42-20-17-38-62(65)72-66(73)43-24-44-67(72)74-64-41-19-16-37-60(64)61-48-47-51(49-68(61)74)59-40-23-46-70-71(59)63-39-18-21-45-69(63)76(70,56-32-12-4-13-33-56)57-34-14-5-15-35-57/h1-50H. The van der Waals surface area contributed by atoms with E-state index >= 15 is 0 Å². The Morgan fingerprint density at radius 1 is 0.289 bits per heavy atom. The van der Waals surface area contributed by atoms with Crippen LogP contribution in [0.1, 0.15) is 0 Å². The van der Waals surface area contributed by atoms with Gasteiger partial charge in [0.15, 0.2) is 16.1 Å². The van der Waals surface area contributed by atoms with E-state index in [2.05, 4.69) is 312 Å². The highest BCUT2D eigenvalue weighted by atomic mass is 28.3. The fraction of sp³-hybridized carbons (Fsp3) is 0. The van der Waals surface area contributed by atoms with E-state index in [9.17, 15) is 0 Å². The molecule has 356 valence electrons. The number of hydrogen-bond donors (Lipinski definition) is 0. The summed E-state index contributed by atoms with van der Waals surface area (Å²) in [5.41, 5.74) is 12.2. The third-order valence-corrected chi connectivity index (χ3v) is 26.2. The van der Waals surface area contributed by atoms with E-state index in [1.165, 1.54) is 107 Å². The molecule has 0 aliphatic carbocycles. The van der Waals surface area contributed by atoms with Crippen LogP contribution in [0.15, 0.2) is 303 Å². The molecule has 4 heteroatoms. The molecular formula is C72H50N2Si2. The minimum atomic E-state index is -2.81. The number of fused-ring (bicyclic) bond motifs is 9. The van der Waals surface area contributed by atoms with Crippen molar-refractivity contribution in [3.63, 3.8) is 0 Å². The van der Waals surface area contributed by atoms with Crippen LogP contribution in [0.25, 0.3) is 77.2 Å².